The highest BCUT2D eigenvalue weighted by molar-refractivity contribution is 7.92. The Balaban J connectivity index is 1.54. The Morgan fingerprint density at radius 2 is 1.41 bits per heavy atom. The number of carbonyl (C=O) groups is 2. The number of para-hydroxylation sites is 1. The van der Waals surface area contributed by atoms with Gasteiger partial charge in [-0.2, -0.15) is 0 Å². The lowest BCUT2D eigenvalue weighted by atomic mass is 9.94. The number of hydrogen-bond acceptors (Lipinski definition) is 4. The van der Waals surface area contributed by atoms with Crippen molar-refractivity contribution in [1.29, 1.82) is 0 Å². The van der Waals surface area contributed by atoms with E-state index >= 15 is 0 Å². The molecule has 0 heterocycles. The Hall–Kier alpha value is -4.21. The molecule has 1 N–H and O–H groups in total. The number of nitrogens with one attached hydrogen (secondary N) is 1. The van der Waals surface area contributed by atoms with E-state index in [1.54, 1.807) is 54.6 Å². The molecule has 5 rings (SSSR count). The predicted molar refractivity (Wildman–Crippen MR) is 178 cm³/mol. The molecule has 0 saturated heterocycles. The normalized spacial score (nSPS) is 14.3. The van der Waals surface area contributed by atoms with Crippen LogP contribution in [0.3, 0.4) is 0 Å². The van der Waals surface area contributed by atoms with Crippen LogP contribution in [0.15, 0.2) is 114 Å². The maximum Gasteiger partial charge on any atom is 0.264 e. The van der Waals surface area contributed by atoms with Gasteiger partial charge in [0.2, 0.25) is 11.8 Å². The molecule has 4 aromatic rings. The fourth-order valence-corrected chi connectivity index (χ4v) is 7.28. The number of benzene rings is 4. The number of nitrogens with zero attached hydrogens (tertiary/aromatic N) is 2. The first kappa shape index (κ1) is 33.2. The third kappa shape index (κ3) is 8.53. The molecule has 1 saturated carbocycles. The lowest BCUT2D eigenvalue weighted by molar-refractivity contribution is -0.140. The van der Waals surface area contributed by atoms with Crippen LogP contribution in [0.25, 0.3) is 0 Å². The van der Waals surface area contributed by atoms with Gasteiger partial charge in [0, 0.05) is 24.0 Å². The van der Waals surface area contributed by atoms with Crippen molar-refractivity contribution in [2.75, 3.05) is 10.8 Å². The fourth-order valence-electron chi connectivity index (χ4n) is 5.74. The van der Waals surface area contributed by atoms with Gasteiger partial charge in [-0.15, -0.1) is 0 Å². The molecule has 2 amide bonds. The third-order valence-corrected chi connectivity index (χ3v) is 10.3. The van der Waals surface area contributed by atoms with Crippen LogP contribution in [0.5, 0.6) is 0 Å². The average Bonchev–Trinajstić information content (AvgIpc) is 3.07. The highest BCUT2D eigenvalue weighted by Crippen LogP contribution is 2.26. The number of halogens is 2. The van der Waals surface area contributed by atoms with Gasteiger partial charge < -0.3 is 10.2 Å². The predicted octanol–water partition coefficient (Wildman–Crippen LogP) is 6.76. The summed E-state index contributed by atoms with van der Waals surface area (Å²) in [6, 6.07) is 28.3. The van der Waals surface area contributed by atoms with Crippen molar-refractivity contribution < 1.29 is 22.4 Å². The van der Waals surface area contributed by atoms with Gasteiger partial charge in [-0.25, -0.2) is 12.8 Å². The molecule has 0 aliphatic heterocycles. The second-order valence-corrected chi connectivity index (χ2v) is 13.8. The zero-order valence-corrected chi connectivity index (χ0v) is 27.0. The first-order chi connectivity index (χ1) is 22.2. The zero-order chi connectivity index (χ0) is 32.5. The minimum Gasteiger partial charge on any atom is -0.352 e. The number of carbonyl (C=O) groups excluding carboxylic acids is 2. The maximum absolute atomic E-state index is 14.5. The molecule has 4 aromatic carbocycles. The van der Waals surface area contributed by atoms with Crippen molar-refractivity contribution in [2.24, 2.45) is 0 Å². The molecule has 1 atom stereocenters. The molecule has 0 radical (unpaired) electrons. The molecule has 240 valence electrons. The van der Waals surface area contributed by atoms with E-state index < -0.39 is 34.3 Å². The summed E-state index contributed by atoms with van der Waals surface area (Å²) in [5.41, 5.74) is 1.85. The molecule has 0 aromatic heterocycles. The van der Waals surface area contributed by atoms with Crippen LogP contribution in [0, 0.1) is 5.82 Å². The largest absolute Gasteiger partial charge is 0.352 e. The van der Waals surface area contributed by atoms with E-state index in [-0.39, 0.29) is 35.5 Å². The summed E-state index contributed by atoms with van der Waals surface area (Å²) in [6.07, 6.45) is 5.14. The van der Waals surface area contributed by atoms with Gasteiger partial charge in [0.15, 0.2) is 0 Å². The number of amides is 2. The summed E-state index contributed by atoms with van der Waals surface area (Å²) in [4.78, 5) is 29.9. The molecule has 1 aliphatic rings. The zero-order valence-electron chi connectivity index (χ0n) is 25.4. The number of sulfonamides is 1. The summed E-state index contributed by atoms with van der Waals surface area (Å²) in [5, 5.41) is 3.72. The topological polar surface area (TPSA) is 86.8 Å². The standard InChI is InChI=1S/C36H37ClFN3O4S/c37-29-18-16-28(17-19-29)25-40(34(24-27-10-4-1-5-11-27)36(43)39-31-12-6-2-7-13-31)35(42)26-41(32-14-8-3-9-15-32)46(44,45)33-22-20-30(38)21-23-33/h1,3-5,8-11,14-23,31,34H,2,6-7,12-13,24-26H2,(H,39,43). The van der Waals surface area contributed by atoms with E-state index in [9.17, 15) is 22.4 Å². The van der Waals surface area contributed by atoms with Crippen molar-refractivity contribution in [2.45, 2.75) is 62.0 Å². The number of hydrogen-bond donors (Lipinski definition) is 1. The Morgan fingerprint density at radius 3 is 2.04 bits per heavy atom. The summed E-state index contributed by atoms with van der Waals surface area (Å²) < 4.78 is 42.7. The Bertz CT molecular complexity index is 1700. The van der Waals surface area contributed by atoms with E-state index in [0.29, 0.717) is 5.02 Å². The summed E-state index contributed by atoms with van der Waals surface area (Å²) in [6.45, 7) is -0.538. The Labute approximate surface area is 275 Å². The second-order valence-electron chi connectivity index (χ2n) is 11.5. The highest BCUT2D eigenvalue weighted by Gasteiger charge is 2.35. The molecule has 1 fully saturated rings. The van der Waals surface area contributed by atoms with Crippen molar-refractivity contribution >= 4 is 39.1 Å². The summed E-state index contributed by atoms with van der Waals surface area (Å²) in [7, 11) is -4.30. The van der Waals surface area contributed by atoms with Gasteiger partial charge in [-0.1, -0.05) is 91.5 Å². The minimum atomic E-state index is -4.30. The number of rotatable bonds is 12. The van der Waals surface area contributed by atoms with Crippen molar-refractivity contribution in [3.8, 4) is 0 Å². The molecule has 1 unspecified atom stereocenters. The SMILES string of the molecule is O=C(NC1CCCCC1)C(Cc1ccccc1)N(Cc1ccc(Cl)cc1)C(=O)CN(c1ccccc1)S(=O)(=O)c1ccc(F)cc1. The van der Waals surface area contributed by atoms with Crippen molar-refractivity contribution in [3.05, 3.63) is 131 Å². The van der Waals surface area contributed by atoms with Gasteiger partial charge >= 0.3 is 0 Å². The molecular formula is C36H37ClFN3O4S. The lowest BCUT2D eigenvalue weighted by Gasteiger charge is -2.35. The second kappa shape index (κ2) is 15.4. The fraction of sp³-hybridized carbons (Fsp3) is 0.278. The van der Waals surface area contributed by atoms with Crippen LogP contribution in [0.2, 0.25) is 5.02 Å². The van der Waals surface area contributed by atoms with E-state index in [0.717, 1.165) is 59.7 Å². The van der Waals surface area contributed by atoms with E-state index in [1.807, 2.05) is 30.3 Å². The number of anilines is 1. The lowest BCUT2D eigenvalue weighted by Crippen LogP contribution is -2.55. The molecule has 7 nitrogen and oxygen atoms in total. The van der Waals surface area contributed by atoms with Crippen molar-refractivity contribution in [1.82, 2.24) is 10.2 Å². The highest BCUT2D eigenvalue weighted by atomic mass is 35.5. The first-order valence-corrected chi connectivity index (χ1v) is 17.2. The summed E-state index contributed by atoms with van der Waals surface area (Å²) in [5.74, 6) is -1.43. The Kier molecular flexibility index (Phi) is 11.1. The van der Waals surface area contributed by atoms with Gasteiger partial charge in [0.1, 0.15) is 18.4 Å². The average molecular weight is 662 g/mol. The Morgan fingerprint density at radius 1 is 0.804 bits per heavy atom. The van der Waals surface area contributed by atoms with Gasteiger partial charge in [0.05, 0.1) is 10.6 Å². The van der Waals surface area contributed by atoms with Crippen LogP contribution in [0.1, 0.15) is 43.2 Å². The maximum atomic E-state index is 14.5. The van der Waals surface area contributed by atoms with Gasteiger partial charge in [0.25, 0.3) is 10.0 Å². The van der Waals surface area contributed by atoms with Gasteiger partial charge in [-0.05, 0) is 72.5 Å². The summed E-state index contributed by atoms with van der Waals surface area (Å²) >= 11 is 6.15. The first-order valence-electron chi connectivity index (χ1n) is 15.4. The van der Waals surface area contributed by atoms with Crippen LogP contribution >= 0.6 is 11.6 Å². The monoisotopic (exact) mass is 661 g/mol. The third-order valence-electron chi connectivity index (χ3n) is 8.21. The van der Waals surface area contributed by atoms with E-state index in [1.165, 1.54) is 17.0 Å². The smallest absolute Gasteiger partial charge is 0.264 e. The molecular weight excluding hydrogens is 625 g/mol. The van der Waals surface area contributed by atoms with Crippen molar-refractivity contribution in [3.63, 3.8) is 0 Å². The van der Waals surface area contributed by atoms with E-state index in [4.69, 9.17) is 11.6 Å². The van der Waals surface area contributed by atoms with Gasteiger partial charge in [-0.3, -0.25) is 13.9 Å². The van der Waals surface area contributed by atoms with Crippen LogP contribution in [0.4, 0.5) is 10.1 Å². The van der Waals surface area contributed by atoms with Crippen LogP contribution in [-0.2, 0) is 32.6 Å². The molecule has 0 spiro atoms. The van der Waals surface area contributed by atoms with Crippen LogP contribution in [-0.4, -0.2) is 43.8 Å². The molecule has 0 bridgehead atoms. The van der Waals surface area contributed by atoms with E-state index in [2.05, 4.69) is 5.32 Å². The minimum absolute atomic E-state index is 0.00618. The quantitative estimate of drug-likeness (QED) is 0.182. The van der Waals surface area contributed by atoms with Crippen LogP contribution < -0.4 is 9.62 Å². The molecule has 46 heavy (non-hydrogen) atoms. The molecule has 10 heteroatoms. The molecule has 1 aliphatic carbocycles.